The van der Waals surface area contributed by atoms with Crippen LogP contribution in [0.3, 0.4) is 0 Å². The molecule has 2 aromatic carbocycles. The van der Waals surface area contributed by atoms with Crippen LogP contribution in [0.5, 0.6) is 5.75 Å². The van der Waals surface area contributed by atoms with Crippen molar-refractivity contribution in [3.63, 3.8) is 0 Å². The van der Waals surface area contributed by atoms with Gasteiger partial charge in [0.05, 0.1) is 7.11 Å². The Hall–Kier alpha value is -3.01. The van der Waals surface area contributed by atoms with Crippen molar-refractivity contribution in [3.05, 3.63) is 77.2 Å². The monoisotopic (exact) mass is 294 g/mol. The number of para-hydroxylation sites is 1. The molecule has 0 fully saturated rings. The second-order valence-electron chi connectivity index (χ2n) is 4.73. The molecule has 3 rings (SSSR count). The Labute approximate surface area is 127 Å². The van der Waals surface area contributed by atoms with E-state index in [9.17, 15) is 9.90 Å². The van der Waals surface area contributed by atoms with E-state index in [1.165, 1.54) is 7.11 Å². The number of hydrogen-bond donors (Lipinski definition) is 1. The second-order valence-corrected chi connectivity index (χ2v) is 4.73. The highest BCUT2D eigenvalue weighted by atomic mass is 16.6. The Morgan fingerprint density at radius 2 is 1.73 bits per heavy atom. The maximum Gasteiger partial charge on any atom is 0.348 e. The van der Waals surface area contributed by atoms with Crippen molar-refractivity contribution in [3.8, 4) is 5.75 Å². The highest BCUT2D eigenvalue weighted by molar-refractivity contribution is 6.21. The number of carbonyl (C=O) groups excluding carboxylic acids is 1. The zero-order valence-electron chi connectivity index (χ0n) is 11.9. The first-order chi connectivity index (χ1) is 10.7. The van der Waals surface area contributed by atoms with Crippen LogP contribution in [-0.2, 0) is 9.53 Å². The van der Waals surface area contributed by atoms with Crippen LogP contribution >= 0.6 is 0 Å². The van der Waals surface area contributed by atoms with Crippen molar-refractivity contribution >= 4 is 17.6 Å². The molecule has 0 radical (unpaired) electrons. The number of aliphatic hydroxyl groups excluding tert-OH is 1. The van der Waals surface area contributed by atoms with Gasteiger partial charge in [-0.25, -0.2) is 4.79 Å². The van der Waals surface area contributed by atoms with Crippen LogP contribution in [0.15, 0.2) is 66.1 Å². The number of cyclic esters (lactones) is 1. The molecule has 0 amide bonds. The number of methoxy groups -OCH3 is 1. The van der Waals surface area contributed by atoms with Gasteiger partial charge in [-0.15, -0.1) is 0 Å². The first-order valence-electron chi connectivity index (χ1n) is 6.76. The van der Waals surface area contributed by atoms with E-state index in [0.29, 0.717) is 11.3 Å². The standard InChI is InChI=1S/C18H14O4/c1-21-14-10-6-5-9-13(14)16-17(19)15(22-18(16)20)11-12-7-3-2-4-8-12/h2-11,19H,1H3/b15-11-. The zero-order chi connectivity index (χ0) is 15.5. The summed E-state index contributed by atoms with van der Waals surface area (Å²) in [7, 11) is 1.51. The lowest BCUT2D eigenvalue weighted by atomic mass is 10.0. The Bertz CT molecular complexity index is 773. The number of aliphatic hydroxyl groups is 1. The van der Waals surface area contributed by atoms with Crippen molar-refractivity contribution in [1.82, 2.24) is 0 Å². The van der Waals surface area contributed by atoms with E-state index >= 15 is 0 Å². The molecule has 0 saturated carbocycles. The van der Waals surface area contributed by atoms with Crippen molar-refractivity contribution in [2.75, 3.05) is 7.11 Å². The van der Waals surface area contributed by atoms with Crippen LogP contribution < -0.4 is 4.74 Å². The summed E-state index contributed by atoms with van der Waals surface area (Å²) in [4.78, 5) is 12.1. The summed E-state index contributed by atoms with van der Waals surface area (Å²) in [5.74, 6) is -0.137. The van der Waals surface area contributed by atoms with E-state index in [1.807, 2.05) is 30.3 Å². The van der Waals surface area contributed by atoms with Gasteiger partial charge in [0.2, 0.25) is 0 Å². The predicted octanol–water partition coefficient (Wildman–Crippen LogP) is 3.56. The lowest BCUT2D eigenvalue weighted by Crippen LogP contribution is -2.00. The molecule has 1 aliphatic heterocycles. The topological polar surface area (TPSA) is 55.8 Å². The zero-order valence-corrected chi connectivity index (χ0v) is 11.9. The fourth-order valence-corrected chi connectivity index (χ4v) is 2.31. The molecular formula is C18H14O4. The van der Waals surface area contributed by atoms with Gasteiger partial charge in [-0.05, 0) is 17.7 Å². The molecule has 4 nitrogen and oxygen atoms in total. The van der Waals surface area contributed by atoms with Crippen LogP contribution in [0.4, 0.5) is 0 Å². The minimum absolute atomic E-state index is 0.111. The molecule has 0 saturated heterocycles. The molecule has 0 spiro atoms. The Balaban J connectivity index is 2.08. The first kappa shape index (κ1) is 13.9. The lowest BCUT2D eigenvalue weighted by molar-refractivity contribution is -0.131. The number of hydrogen-bond acceptors (Lipinski definition) is 4. The summed E-state index contributed by atoms with van der Waals surface area (Å²) < 4.78 is 10.4. The summed E-state index contributed by atoms with van der Waals surface area (Å²) in [6.45, 7) is 0. The first-order valence-corrected chi connectivity index (χ1v) is 6.76. The van der Waals surface area contributed by atoms with E-state index in [1.54, 1.807) is 30.3 Å². The number of carbonyl (C=O) groups is 1. The molecule has 110 valence electrons. The van der Waals surface area contributed by atoms with Crippen LogP contribution in [-0.4, -0.2) is 18.2 Å². The van der Waals surface area contributed by atoms with E-state index in [0.717, 1.165) is 5.56 Å². The average molecular weight is 294 g/mol. The Kier molecular flexibility index (Phi) is 3.66. The highest BCUT2D eigenvalue weighted by Crippen LogP contribution is 2.36. The summed E-state index contributed by atoms with van der Waals surface area (Å²) in [6.07, 6.45) is 1.62. The Morgan fingerprint density at radius 1 is 1.05 bits per heavy atom. The third-order valence-corrected chi connectivity index (χ3v) is 3.35. The molecule has 0 unspecified atom stereocenters. The van der Waals surface area contributed by atoms with Gasteiger partial charge >= 0.3 is 5.97 Å². The summed E-state index contributed by atoms with van der Waals surface area (Å²) in [5.41, 5.74) is 1.45. The van der Waals surface area contributed by atoms with Crippen LogP contribution in [0.1, 0.15) is 11.1 Å². The minimum atomic E-state index is -0.593. The molecule has 0 aromatic heterocycles. The number of benzene rings is 2. The largest absolute Gasteiger partial charge is 0.504 e. The summed E-state index contributed by atoms with van der Waals surface area (Å²) >= 11 is 0. The van der Waals surface area contributed by atoms with Gasteiger partial charge < -0.3 is 14.6 Å². The quantitative estimate of drug-likeness (QED) is 0.879. The lowest BCUT2D eigenvalue weighted by Gasteiger charge is -2.06. The minimum Gasteiger partial charge on any atom is -0.504 e. The molecule has 2 aromatic rings. The Morgan fingerprint density at radius 3 is 2.45 bits per heavy atom. The highest BCUT2D eigenvalue weighted by Gasteiger charge is 2.32. The van der Waals surface area contributed by atoms with E-state index in [4.69, 9.17) is 9.47 Å². The molecule has 22 heavy (non-hydrogen) atoms. The predicted molar refractivity (Wildman–Crippen MR) is 83.1 cm³/mol. The van der Waals surface area contributed by atoms with Gasteiger partial charge in [0.1, 0.15) is 11.3 Å². The van der Waals surface area contributed by atoms with Crippen LogP contribution in [0, 0.1) is 0 Å². The number of esters is 1. The van der Waals surface area contributed by atoms with Gasteiger partial charge in [0.15, 0.2) is 11.5 Å². The maximum absolute atomic E-state index is 12.1. The van der Waals surface area contributed by atoms with Crippen molar-refractivity contribution in [2.45, 2.75) is 0 Å². The molecule has 0 bridgehead atoms. The fraction of sp³-hybridized carbons (Fsp3) is 0.0556. The van der Waals surface area contributed by atoms with Crippen molar-refractivity contribution < 1.29 is 19.4 Å². The maximum atomic E-state index is 12.1. The van der Waals surface area contributed by atoms with Crippen molar-refractivity contribution in [2.24, 2.45) is 0 Å². The molecule has 0 aliphatic carbocycles. The summed E-state index contributed by atoms with van der Waals surface area (Å²) in [6, 6.07) is 16.3. The van der Waals surface area contributed by atoms with Crippen LogP contribution in [0.2, 0.25) is 0 Å². The van der Waals surface area contributed by atoms with Gasteiger partial charge in [0.25, 0.3) is 0 Å². The average Bonchev–Trinajstić information content (AvgIpc) is 2.82. The normalized spacial score (nSPS) is 16.0. The van der Waals surface area contributed by atoms with E-state index < -0.39 is 5.97 Å². The van der Waals surface area contributed by atoms with Gasteiger partial charge in [-0.3, -0.25) is 0 Å². The fourth-order valence-electron chi connectivity index (χ4n) is 2.31. The van der Waals surface area contributed by atoms with E-state index in [-0.39, 0.29) is 17.1 Å². The second kappa shape index (κ2) is 5.77. The number of ether oxygens (including phenoxy) is 2. The molecule has 0 atom stereocenters. The molecule has 1 heterocycles. The smallest absolute Gasteiger partial charge is 0.348 e. The third-order valence-electron chi connectivity index (χ3n) is 3.35. The third kappa shape index (κ3) is 2.46. The van der Waals surface area contributed by atoms with Crippen molar-refractivity contribution in [1.29, 1.82) is 0 Å². The molecule has 1 N–H and O–H groups in total. The molecule has 1 aliphatic rings. The van der Waals surface area contributed by atoms with Crippen LogP contribution in [0.25, 0.3) is 11.6 Å². The number of rotatable bonds is 3. The molecular weight excluding hydrogens is 280 g/mol. The SMILES string of the molecule is COc1ccccc1C1=C(O)/C(=C/c2ccccc2)OC1=O. The summed E-state index contributed by atoms with van der Waals surface area (Å²) in [5, 5.41) is 10.4. The van der Waals surface area contributed by atoms with Gasteiger partial charge in [0, 0.05) is 5.56 Å². The molecule has 4 heteroatoms. The van der Waals surface area contributed by atoms with Gasteiger partial charge in [-0.1, -0.05) is 48.5 Å². The van der Waals surface area contributed by atoms with Gasteiger partial charge in [-0.2, -0.15) is 0 Å². The van der Waals surface area contributed by atoms with E-state index in [2.05, 4.69) is 0 Å².